The van der Waals surface area contributed by atoms with E-state index < -0.39 is 0 Å². The third-order valence-corrected chi connectivity index (χ3v) is 5.38. The highest BCUT2D eigenvalue weighted by Crippen LogP contribution is 2.55. The molecule has 0 heterocycles. The Morgan fingerprint density at radius 3 is 2.12 bits per heavy atom. The Bertz CT molecular complexity index is 293. The predicted molar refractivity (Wildman–Crippen MR) is 68.3 cm³/mol. The maximum absolute atomic E-state index is 8.89. The molecular formula is C15H24N2. The van der Waals surface area contributed by atoms with Gasteiger partial charge in [-0.3, -0.25) is 0 Å². The van der Waals surface area contributed by atoms with Crippen LogP contribution < -0.4 is 5.32 Å². The van der Waals surface area contributed by atoms with Crippen molar-refractivity contribution in [2.75, 3.05) is 0 Å². The van der Waals surface area contributed by atoms with Crippen molar-refractivity contribution in [1.29, 1.82) is 5.26 Å². The van der Waals surface area contributed by atoms with E-state index in [2.05, 4.69) is 18.3 Å². The van der Waals surface area contributed by atoms with Gasteiger partial charge in [-0.15, -0.1) is 0 Å². The van der Waals surface area contributed by atoms with E-state index in [0.29, 0.717) is 18.0 Å². The molecule has 4 bridgehead atoms. The Kier molecular flexibility index (Phi) is 2.91. The minimum absolute atomic E-state index is 0.423. The van der Waals surface area contributed by atoms with Crippen LogP contribution in [0.2, 0.25) is 0 Å². The van der Waals surface area contributed by atoms with Crippen molar-refractivity contribution in [2.24, 2.45) is 17.8 Å². The first-order valence-corrected chi connectivity index (χ1v) is 7.37. The van der Waals surface area contributed by atoms with Crippen LogP contribution in [-0.4, -0.2) is 11.6 Å². The zero-order valence-corrected chi connectivity index (χ0v) is 10.9. The van der Waals surface area contributed by atoms with Crippen LogP contribution in [0.15, 0.2) is 0 Å². The van der Waals surface area contributed by atoms with Gasteiger partial charge in [-0.2, -0.15) is 5.26 Å². The molecule has 4 saturated carbocycles. The summed E-state index contributed by atoms with van der Waals surface area (Å²) in [6.07, 6.45) is 10.4. The van der Waals surface area contributed by atoms with Crippen LogP contribution in [0, 0.1) is 29.1 Å². The molecule has 0 radical (unpaired) electrons. The lowest BCUT2D eigenvalue weighted by Gasteiger charge is -2.58. The van der Waals surface area contributed by atoms with Gasteiger partial charge in [0, 0.05) is 11.6 Å². The van der Waals surface area contributed by atoms with E-state index in [1.54, 1.807) is 0 Å². The van der Waals surface area contributed by atoms with Crippen LogP contribution in [0.5, 0.6) is 0 Å². The maximum Gasteiger partial charge on any atom is 0.0638 e. The molecule has 0 amide bonds. The zero-order valence-electron chi connectivity index (χ0n) is 10.9. The highest BCUT2D eigenvalue weighted by atomic mass is 15.0. The molecule has 4 rings (SSSR count). The van der Waals surface area contributed by atoms with Gasteiger partial charge in [0.05, 0.1) is 12.5 Å². The van der Waals surface area contributed by atoms with Gasteiger partial charge in [-0.25, -0.2) is 0 Å². The number of rotatable bonds is 4. The molecule has 4 fully saturated rings. The fourth-order valence-corrected chi connectivity index (χ4v) is 5.13. The van der Waals surface area contributed by atoms with Crippen LogP contribution in [0.3, 0.4) is 0 Å². The topological polar surface area (TPSA) is 35.8 Å². The second kappa shape index (κ2) is 4.28. The van der Waals surface area contributed by atoms with E-state index in [1.165, 1.54) is 38.5 Å². The molecule has 0 aliphatic heterocycles. The zero-order chi connectivity index (χ0) is 11.9. The Morgan fingerprint density at radius 2 is 1.71 bits per heavy atom. The SMILES string of the molecule is CCC(CC#N)NC12CC3CC(CC(C3)C1)C2. The van der Waals surface area contributed by atoms with Crippen molar-refractivity contribution in [3.8, 4) is 6.07 Å². The molecule has 0 aromatic carbocycles. The molecule has 2 nitrogen and oxygen atoms in total. The van der Waals surface area contributed by atoms with Crippen molar-refractivity contribution < 1.29 is 0 Å². The summed E-state index contributed by atoms with van der Waals surface area (Å²) in [6, 6.07) is 2.77. The van der Waals surface area contributed by atoms with Gasteiger partial charge in [0.2, 0.25) is 0 Å². The van der Waals surface area contributed by atoms with E-state index >= 15 is 0 Å². The van der Waals surface area contributed by atoms with Crippen LogP contribution in [0.1, 0.15) is 58.3 Å². The van der Waals surface area contributed by atoms with Gasteiger partial charge in [-0.1, -0.05) is 6.92 Å². The fraction of sp³-hybridized carbons (Fsp3) is 0.933. The van der Waals surface area contributed by atoms with E-state index in [0.717, 1.165) is 24.2 Å². The predicted octanol–water partition coefficient (Wildman–Crippen LogP) is 3.24. The minimum atomic E-state index is 0.423. The van der Waals surface area contributed by atoms with E-state index in [-0.39, 0.29) is 0 Å². The molecule has 17 heavy (non-hydrogen) atoms. The first-order valence-electron chi connectivity index (χ1n) is 7.37. The summed E-state index contributed by atoms with van der Waals surface area (Å²) >= 11 is 0. The summed E-state index contributed by atoms with van der Waals surface area (Å²) in [5.74, 6) is 2.98. The minimum Gasteiger partial charge on any atom is -0.307 e. The molecule has 4 aliphatic rings. The summed E-state index contributed by atoms with van der Waals surface area (Å²) in [4.78, 5) is 0. The first-order chi connectivity index (χ1) is 8.23. The van der Waals surface area contributed by atoms with Gasteiger partial charge in [0.25, 0.3) is 0 Å². The van der Waals surface area contributed by atoms with Gasteiger partial charge in [0.1, 0.15) is 0 Å². The van der Waals surface area contributed by atoms with Gasteiger partial charge < -0.3 is 5.32 Å². The average molecular weight is 232 g/mol. The lowest BCUT2D eigenvalue weighted by atomic mass is 9.53. The summed E-state index contributed by atoms with van der Waals surface area (Å²) < 4.78 is 0. The Morgan fingerprint density at radius 1 is 1.18 bits per heavy atom. The van der Waals surface area contributed by atoms with Crippen LogP contribution in [0.25, 0.3) is 0 Å². The van der Waals surface area contributed by atoms with Crippen molar-refractivity contribution >= 4 is 0 Å². The molecule has 0 aromatic heterocycles. The van der Waals surface area contributed by atoms with E-state index in [1.807, 2.05) is 0 Å². The number of nitrogens with zero attached hydrogens (tertiary/aromatic N) is 1. The van der Waals surface area contributed by atoms with Gasteiger partial charge >= 0.3 is 0 Å². The van der Waals surface area contributed by atoms with Crippen molar-refractivity contribution in [1.82, 2.24) is 5.32 Å². The van der Waals surface area contributed by atoms with Crippen LogP contribution >= 0.6 is 0 Å². The normalized spacial score (nSPS) is 44.6. The molecule has 1 N–H and O–H groups in total. The maximum atomic E-state index is 8.89. The molecule has 1 unspecified atom stereocenters. The molecule has 0 saturated heterocycles. The summed E-state index contributed by atoms with van der Waals surface area (Å²) in [7, 11) is 0. The van der Waals surface area contributed by atoms with Crippen molar-refractivity contribution in [3.05, 3.63) is 0 Å². The summed E-state index contributed by atoms with van der Waals surface area (Å²) in [6.45, 7) is 2.20. The smallest absolute Gasteiger partial charge is 0.0638 e. The quantitative estimate of drug-likeness (QED) is 0.807. The van der Waals surface area contributed by atoms with Crippen molar-refractivity contribution in [2.45, 2.75) is 69.9 Å². The van der Waals surface area contributed by atoms with Crippen LogP contribution in [0.4, 0.5) is 0 Å². The Labute approximate surface area is 105 Å². The third kappa shape index (κ3) is 2.10. The highest BCUT2D eigenvalue weighted by Gasteiger charge is 2.51. The Balaban J connectivity index is 1.71. The van der Waals surface area contributed by atoms with Crippen LogP contribution in [-0.2, 0) is 0 Å². The highest BCUT2D eigenvalue weighted by molar-refractivity contribution is 5.07. The molecule has 2 heteroatoms. The lowest BCUT2D eigenvalue weighted by molar-refractivity contribution is -0.0252. The van der Waals surface area contributed by atoms with Gasteiger partial charge in [-0.05, 0) is 62.7 Å². The second-order valence-electron chi connectivity index (χ2n) is 6.81. The lowest BCUT2D eigenvalue weighted by Crippen LogP contribution is -2.60. The fourth-order valence-electron chi connectivity index (χ4n) is 5.13. The standard InChI is InChI=1S/C15H24N2/c1-2-14(3-4-16)17-15-8-11-5-12(9-15)7-13(6-11)10-15/h11-14,17H,2-3,5-10H2,1H3. The largest absolute Gasteiger partial charge is 0.307 e. The summed E-state index contributed by atoms with van der Waals surface area (Å²) in [5, 5.41) is 12.8. The molecule has 0 spiro atoms. The number of hydrogen-bond acceptors (Lipinski definition) is 2. The number of nitrogens with one attached hydrogen (secondary N) is 1. The van der Waals surface area contributed by atoms with Crippen molar-refractivity contribution in [3.63, 3.8) is 0 Å². The van der Waals surface area contributed by atoms with Gasteiger partial charge in [0.15, 0.2) is 0 Å². The Hall–Kier alpha value is -0.550. The molecule has 94 valence electrons. The number of hydrogen-bond donors (Lipinski definition) is 1. The number of nitriles is 1. The monoisotopic (exact) mass is 232 g/mol. The molecule has 0 aromatic rings. The average Bonchev–Trinajstić information content (AvgIpc) is 2.26. The second-order valence-corrected chi connectivity index (χ2v) is 6.81. The molecule has 1 atom stereocenters. The molecule has 4 aliphatic carbocycles. The molecular weight excluding hydrogens is 208 g/mol. The van der Waals surface area contributed by atoms with E-state index in [9.17, 15) is 0 Å². The third-order valence-electron chi connectivity index (χ3n) is 5.38. The van der Waals surface area contributed by atoms with E-state index in [4.69, 9.17) is 5.26 Å². The first kappa shape index (κ1) is 11.5. The summed E-state index contributed by atoms with van der Waals surface area (Å²) in [5.41, 5.74) is 0.423.